The largest absolute Gasteiger partial charge is 0.484 e. The molecule has 2 aromatic carbocycles. The number of benzene rings is 2. The Kier molecular flexibility index (Phi) is 8.16. The zero-order chi connectivity index (χ0) is 27.4. The molecule has 1 amide bonds. The molecular formula is C29H29NO7S. The minimum Gasteiger partial charge on any atom is -0.484 e. The van der Waals surface area contributed by atoms with E-state index >= 15 is 0 Å². The molecule has 8 nitrogen and oxygen atoms in total. The molecule has 0 radical (unpaired) electrons. The molecule has 0 saturated heterocycles. The Labute approximate surface area is 224 Å². The summed E-state index contributed by atoms with van der Waals surface area (Å²) in [6, 6.07) is 12.2. The standard InChI is InChI=1S/C29H29NO7S/c1-6-34-29(33)26-17(4)18(5)38-28(26)30-25(31)15-35-19-11-12-21-23(13-19)36-14-24(27(21)32)37-22-10-8-7-9-20(22)16(2)3/h7-14,16H,6,15H2,1-5H3,(H,30,31). The van der Waals surface area contributed by atoms with E-state index in [9.17, 15) is 14.4 Å². The first-order valence-corrected chi connectivity index (χ1v) is 13.0. The summed E-state index contributed by atoms with van der Waals surface area (Å²) in [6.07, 6.45) is 1.27. The fourth-order valence-corrected chi connectivity index (χ4v) is 4.96. The van der Waals surface area contributed by atoms with E-state index in [1.807, 2.05) is 38.1 Å². The molecule has 0 unspecified atom stereocenters. The number of esters is 1. The van der Waals surface area contributed by atoms with Crippen molar-refractivity contribution in [3.8, 4) is 17.2 Å². The third-order valence-electron chi connectivity index (χ3n) is 5.96. The van der Waals surface area contributed by atoms with Gasteiger partial charge in [0.15, 0.2) is 6.61 Å². The van der Waals surface area contributed by atoms with Crippen molar-refractivity contribution in [3.63, 3.8) is 0 Å². The molecule has 4 aromatic rings. The van der Waals surface area contributed by atoms with E-state index in [0.29, 0.717) is 33.0 Å². The van der Waals surface area contributed by atoms with Crippen molar-refractivity contribution >= 4 is 39.2 Å². The van der Waals surface area contributed by atoms with Gasteiger partial charge in [-0.3, -0.25) is 9.59 Å². The average Bonchev–Trinajstić information content (AvgIpc) is 3.17. The van der Waals surface area contributed by atoms with Gasteiger partial charge >= 0.3 is 5.97 Å². The van der Waals surface area contributed by atoms with Gasteiger partial charge in [-0.25, -0.2) is 4.79 Å². The molecule has 9 heteroatoms. The summed E-state index contributed by atoms with van der Waals surface area (Å²) in [7, 11) is 0. The summed E-state index contributed by atoms with van der Waals surface area (Å²) in [5.74, 6) is 0.330. The molecule has 4 rings (SSSR count). The van der Waals surface area contributed by atoms with Crippen LogP contribution in [0.3, 0.4) is 0 Å². The predicted octanol–water partition coefficient (Wildman–Crippen LogP) is 6.58. The van der Waals surface area contributed by atoms with Crippen molar-refractivity contribution in [3.05, 3.63) is 80.5 Å². The second-order valence-electron chi connectivity index (χ2n) is 8.93. The number of fused-ring (bicyclic) bond motifs is 1. The lowest BCUT2D eigenvalue weighted by atomic mass is 10.0. The molecule has 0 aliphatic carbocycles. The van der Waals surface area contributed by atoms with E-state index in [4.69, 9.17) is 18.6 Å². The number of amides is 1. The molecule has 0 fully saturated rings. The van der Waals surface area contributed by atoms with Gasteiger partial charge in [0, 0.05) is 10.9 Å². The quantitative estimate of drug-likeness (QED) is 0.241. The van der Waals surface area contributed by atoms with Gasteiger partial charge in [0.1, 0.15) is 28.3 Å². The Hall–Kier alpha value is -4.11. The highest BCUT2D eigenvalue weighted by Gasteiger charge is 2.22. The van der Waals surface area contributed by atoms with Gasteiger partial charge in [-0.1, -0.05) is 32.0 Å². The van der Waals surface area contributed by atoms with Crippen LogP contribution in [0.15, 0.2) is 57.9 Å². The first-order valence-electron chi connectivity index (χ1n) is 12.2. The van der Waals surface area contributed by atoms with Crippen LogP contribution in [0.4, 0.5) is 5.00 Å². The third-order valence-corrected chi connectivity index (χ3v) is 7.09. The highest BCUT2D eigenvalue weighted by atomic mass is 32.1. The van der Waals surface area contributed by atoms with Crippen molar-refractivity contribution in [1.82, 2.24) is 0 Å². The van der Waals surface area contributed by atoms with Crippen molar-refractivity contribution < 1.29 is 28.2 Å². The Morgan fingerprint density at radius 3 is 2.58 bits per heavy atom. The maximum absolute atomic E-state index is 13.0. The summed E-state index contributed by atoms with van der Waals surface area (Å²) in [5, 5.41) is 3.48. The summed E-state index contributed by atoms with van der Waals surface area (Å²) in [6.45, 7) is 9.44. The summed E-state index contributed by atoms with van der Waals surface area (Å²) >= 11 is 1.30. The van der Waals surface area contributed by atoms with Gasteiger partial charge < -0.3 is 23.9 Å². The number of para-hydroxylation sites is 1. The number of ether oxygens (including phenoxy) is 3. The number of nitrogens with one attached hydrogen (secondary N) is 1. The lowest BCUT2D eigenvalue weighted by Crippen LogP contribution is -2.21. The number of rotatable bonds is 9. The SMILES string of the molecule is CCOC(=O)c1c(NC(=O)COc2ccc3c(=O)c(Oc4ccccc4C(C)C)coc3c2)sc(C)c1C. The fourth-order valence-electron chi connectivity index (χ4n) is 3.90. The van der Waals surface area contributed by atoms with Gasteiger partial charge in [-0.2, -0.15) is 0 Å². The Morgan fingerprint density at radius 2 is 1.84 bits per heavy atom. The second-order valence-corrected chi connectivity index (χ2v) is 10.2. The van der Waals surface area contributed by atoms with Gasteiger partial charge in [0.25, 0.3) is 5.91 Å². The molecule has 0 aliphatic rings. The Bertz CT molecular complexity index is 1550. The van der Waals surface area contributed by atoms with Crippen LogP contribution in [0.2, 0.25) is 0 Å². The van der Waals surface area contributed by atoms with Crippen LogP contribution in [0, 0.1) is 13.8 Å². The van der Waals surface area contributed by atoms with E-state index in [2.05, 4.69) is 19.2 Å². The average molecular weight is 536 g/mol. The highest BCUT2D eigenvalue weighted by molar-refractivity contribution is 7.16. The van der Waals surface area contributed by atoms with Crippen LogP contribution in [-0.2, 0) is 9.53 Å². The van der Waals surface area contributed by atoms with Crippen LogP contribution < -0.4 is 20.2 Å². The lowest BCUT2D eigenvalue weighted by Gasteiger charge is -2.13. The van der Waals surface area contributed by atoms with Crippen LogP contribution in [0.25, 0.3) is 11.0 Å². The van der Waals surface area contributed by atoms with Crippen molar-refractivity contribution in [2.24, 2.45) is 0 Å². The molecule has 2 aromatic heterocycles. The molecule has 0 atom stereocenters. The molecule has 2 heterocycles. The van der Waals surface area contributed by atoms with E-state index in [0.717, 1.165) is 16.0 Å². The number of aryl methyl sites for hydroxylation is 1. The molecule has 0 bridgehead atoms. The monoisotopic (exact) mass is 535 g/mol. The third kappa shape index (κ3) is 5.73. The molecule has 198 valence electrons. The van der Waals surface area contributed by atoms with E-state index in [1.54, 1.807) is 25.1 Å². The first kappa shape index (κ1) is 26.9. The van der Waals surface area contributed by atoms with Crippen LogP contribution in [0.1, 0.15) is 53.1 Å². The van der Waals surface area contributed by atoms with Crippen molar-refractivity contribution in [2.45, 2.75) is 40.5 Å². The summed E-state index contributed by atoms with van der Waals surface area (Å²) < 4.78 is 22.3. The number of hydrogen-bond acceptors (Lipinski definition) is 8. The normalized spacial score (nSPS) is 11.0. The number of hydrogen-bond donors (Lipinski definition) is 1. The zero-order valence-corrected chi connectivity index (χ0v) is 22.7. The fraction of sp³-hybridized carbons (Fsp3) is 0.276. The van der Waals surface area contributed by atoms with E-state index in [1.165, 1.54) is 17.6 Å². The number of carbonyl (C=O) groups is 2. The lowest BCUT2D eigenvalue weighted by molar-refractivity contribution is -0.118. The molecule has 0 saturated carbocycles. The topological polar surface area (TPSA) is 104 Å². The van der Waals surface area contributed by atoms with Crippen LogP contribution >= 0.6 is 11.3 Å². The molecule has 0 aliphatic heterocycles. The van der Waals surface area contributed by atoms with Gasteiger partial charge in [-0.05, 0) is 56.0 Å². The highest BCUT2D eigenvalue weighted by Crippen LogP contribution is 2.33. The second kappa shape index (κ2) is 11.5. The van der Waals surface area contributed by atoms with Gasteiger partial charge in [0.05, 0.1) is 17.6 Å². The van der Waals surface area contributed by atoms with Gasteiger partial charge in [0.2, 0.25) is 11.2 Å². The Balaban J connectivity index is 1.47. The Morgan fingerprint density at radius 1 is 1.08 bits per heavy atom. The van der Waals surface area contributed by atoms with E-state index < -0.39 is 11.9 Å². The molecular weight excluding hydrogens is 506 g/mol. The van der Waals surface area contributed by atoms with E-state index in [-0.39, 0.29) is 30.3 Å². The maximum atomic E-state index is 13.0. The summed E-state index contributed by atoms with van der Waals surface area (Å²) in [4.78, 5) is 38.9. The van der Waals surface area contributed by atoms with Crippen LogP contribution in [0.5, 0.6) is 17.2 Å². The minimum atomic E-state index is -0.480. The molecule has 0 spiro atoms. The maximum Gasteiger partial charge on any atom is 0.341 e. The molecule has 1 N–H and O–H groups in total. The minimum absolute atomic E-state index is 0.0811. The zero-order valence-electron chi connectivity index (χ0n) is 21.9. The van der Waals surface area contributed by atoms with Crippen molar-refractivity contribution in [2.75, 3.05) is 18.5 Å². The number of anilines is 1. The number of carbonyl (C=O) groups excluding carboxylic acids is 2. The van der Waals surface area contributed by atoms with Gasteiger partial charge in [-0.15, -0.1) is 11.3 Å². The number of thiophene rings is 1. The molecule has 38 heavy (non-hydrogen) atoms. The first-order chi connectivity index (χ1) is 18.2. The predicted molar refractivity (Wildman–Crippen MR) is 147 cm³/mol. The van der Waals surface area contributed by atoms with Crippen LogP contribution in [-0.4, -0.2) is 25.1 Å². The smallest absolute Gasteiger partial charge is 0.341 e. The summed E-state index contributed by atoms with van der Waals surface area (Å²) in [5.41, 5.74) is 2.08. The van der Waals surface area contributed by atoms with Crippen molar-refractivity contribution in [1.29, 1.82) is 0 Å².